The first kappa shape index (κ1) is 17.4. The van der Waals surface area contributed by atoms with Gasteiger partial charge in [0.1, 0.15) is 0 Å². The van der Waals surface area contributed by atoms with Gasteiger partial charge in [-0.3, -0.25) is 0 Å². The zero-order valence-electron chi connectivity index (χ0n) is 12.5. The molecular weight excluding hydrogens is 373 g/mol. The fourth-order valence-electron chi connectivity index (χ4n) is 2.20. The molecule has 2 aromatic carbocycles. The molecule has 0 saturated heterocycles. The standard InChI is InChI=1S/C16H10ClF3N4S/c17-13-8-4-2-6-11(13)14-22-23-15(25)24(14)21-9-10-5-1-3-7-12(10)16(18,19)20/h1-9H,(H,23,25). The van der Waals surface area contributed by atoms with E-state index in [9.17, 15) is 13.2 Å². The van der Waals surface area contributed by atoms with Crippen LogP contribution in [0.15, 0.2) is 53.6 Å². The van der Waals surface area contributed by atoms with Crippen molar-refractivity contribution in [3.05, 3.63) is 69.5 Å². The first-order valence-corrected chi connectivity index (χ1v) is 7.79. The Balaban J connectivity index is 2.07. The molecule has 0 radical (unpaired) electrons. The van der Waals surface area contributed by atoms with Crippen LogP contribution in [0.2, 0.25) is 5.02 Å². The van der Waals surface area contributed by atoms with Crippen molar-refractivity contribution in [2.45, 2.75) is 6.18 Å². The topological polar surface area (TPSA) is 46.0 Å². The molecule has 0 aliphatic rings. The minimum absolute atomic E-state index is 0.0804. The minimum atomic E-state index is -4.48. The monoisotopic (exact) mass is 382 g/mol. The molecule has 0 bridgehead atoms. The van der Waals surface area contributed by atoms with Crippen LogP contribution in [0.5, 0.6) is 0 Å². The summed E-state index contributed by atoms with van der Waals surface area (Å²) in [7, 11) is 0. The molecular formula is C16H10ClF3N4S. The van der Waals surface area contributed by atoms with Crippen LogP contribution >= 0.6 is 23.8 Å². The van der Waals surface area contributed by atoms with Gasteiger partial charge in [0.2, 0.25) is 4.77 Å². The highest BCUT2D eigenvalue weighted by molar-refractivity contribution is 7.71. The van der Waals surface area contributed by atoms with E-state index in [1.165, 1.54) is 22.9 Å². The van der Waals surface area contributed by atoms with Gasteiger partial charge in [-0.25, -0.2) is 5.10 Å². The number of nitrogens with one attached hydrogen (secondary N) is 1. The maximum Gasteiger partial charge on any atom is 0.417 e. The summed E-state index contributed by atoms with van der Waals surface area (Å²) < 4.78 is 40.6. The van der Waals surface area contributed by atoms with Crippen molar-refractivity contribution in [1.82, 2.24) is 14.9 Å². The van der Waals surface area contributed by atoms with E-state index >= 15 is 0 Å². The van der Waals surface area contributed by atoms with Crippen molar-refractivity contribution >= 4 is 30.0 Å². The van der Waals surface area contributed by atoms with Crippen molar-refractivity contribution in [1.29, 1.82) is 0 Å². The molecule has 1 N–H and O–H groups in total. The second kappa shape index (κ2) is 6.81. The molecule has 1 heterocycles. The SMILES string of the molecule is FC(F)(F)c1ccccc1C=Nn1c(-c2ccccc2Cl)n[nH]c1=S. The number of nitrogens with zero attached hydrogens (tertiary/aromatic N) is 3. The number of H-pyrrole nitrogens is 1. The highest BCUT2D eigenvalue weighted by atomic mass is 35.5. The van der Waals surface area contributed by atoms with Crippen LogP contribution in [0.25, 0.3) is 11.4 Å². The molecule has 128 valence electrons. The quantitative estimate of drug-likeness (QED) is 0.502. The normalized spacial score (nSPS) is 12.0. The van der Waals surface area contributed by atoms with Crippen molar-refractivity contribution in [2.75, 3.05) is 0 Å². The van der Waals surface area contributed by atoms with Crippen LogP contribution < -0.4 is 0 Å². The first-order valence-electron chi connectivity index (χ1n) is 7.01. The smallest absolute Gasteiger partial charge is 0.250 e. The lowest BCUT2D eigenvalue weighted by atomic mass is 10.1. The second-order valence-electron chi connectivity index (χ2n) is 4.97. The van der Waals surface area contributed by atoms with E-state index < -0.39 is 11.7 Å². The van der Waals surface area contributed by atoms with Gasteiger partial charge in [0, 0.05) is 11.1 Å². The van der Waals surface area contributed by atoms with Gasteiger partial charge in [0.25, 0.3) is 0 Å². The highest BCUT2D eigenvalue weighted by Gasteiger charge is 2.32. The number of alkyl halides is 3. The molecule has 9 heteroatoms. The van der Waals surface area contributed by atoms with Gasteiger partial charge < -0.3 is 0 Å². The molecule has 1 aromatic heterocycles. The van der Waals surface area contributed by atoms with Crippen molar-refractivity contribution in [2.24, 2.45) is 5.10 Å². The van der Waals surface area contributed by atoms with Gasteiger partial charge in [-0.05, 0) is 30.4 Å². The number of benzene rings is 2. The van der Waals surface area contributed by atoms with E-state index in [1.54, 1.807) is 24.3 Å². The molecule has 3 aromatic rings. The van der Waals surface area contributed by atoms with Crippen molar-refractivity contribution in [3.8, 4) is 11.4 Å². The Bertz CT molecular complexity index is 991. The van der Waals surface area contributed by atoms with Crippen LogP contribution in [-0.4, -0.2) is 21.1 Å². The lowest BCUT2D eigenvalue weighted by molar-refractivity contribution is -0.137. The zero-order valence-corrected chi connectivity index (χ0v) is 14.0. The Labute approximate surface area is 150 Å². The minimum Gasteiger partial charge on any atom is -0.250 e. The van der Waals surface area contributed by atoms with E-state index in [4.69, 9.17) is 23.8 Å². The summed E-state index contributed by atoms with van der Waals surface area (Å²) in [6.07, 6.45) is -3.39. The molecule has 0 spiro atoms. The lowest BCUT2D eigenvalue weighted by Crippen LogP contribution is -2.09. The average Bonchev–Trinajstić information content (AvgIpc) is 2.93. The van der Waals surface area contributed by atoms with Crippen LogP contribution in [0, 0.1) is 4.77 Å². The van der Waals surface area contributed by atoms with Gasteiger partial charge >= 0.3 is 6.18 Å². The maximum absolute atomic E-state index is 13.1. The van der Waals surface area contributed by atoms with Crippen LogP contribution in [0.3, 0.4) is 0 Å². The molecule has 0 amide bonds. The van der Waals surface area contributed by atoms with Crippen LogP contribution in [0.1, 0.15) is 11.1 Å². The largest absolute Gasteiger partial charge is 0.417 e. The molecule has 0 atom stereocenters. The second-order valence-corrected chi connectivity index (χ2v) is 5.77. The third-order valence-corrected chi connectivity index (χ3v) is 3.94. The number of hydrogen-bond acceptors (Lipinski definition) is 3. The summed E-state index contributed by atoms with van der Waals surface area (Å²) >= 11 is 11.2. The Morgan fingerprint density at radius 3 is 2.52 bits per heavy atom. The Morgan fingerprint density at radius 2 is 1.80 bits per heavy atom. The molecule has 0 saturated carbocycles. The molecule has 0 aliphatic carbocycles. The number of rotatable bonds is 3. The van der Waals surface area contributed by atoms with Crippen molar-refractivity contribution in [3.63, 3.8) is 0 Å². The van der Waals surface area contributed by atoms with Gasteiger partial charge in [0.15, 0.2) is 5.82 Å². The lowest BCUT2D eigenvalue weighted by Gasteiger charge is -2.09. The fourth-order valence-corrected chi connectivity index (χ4v) is 2.60. The van der Waals surface area contributed by atoms with Crippen LogP contribution in [-0.2, 0) is 6.18 Å². The van der Waals surface area contributed by atoms with Crippen LogP contribution in [0.4, 0.5) is 13.2 Å². The summed E-state index contributed by atoms with van der Waals surface area (Å²) in [5.74, 6) is 0.302. The van der Waals surface area contributed by atoms with Gasteiger partial charge in [-0.1, -0.05) is 41.9 Å². The molecule has 3 rings (SSSR count). The number of aromatic amines is 1. The third kappa shape index (κ3) is 3.64. The van der Waals surface area contributed by atoms with Crippen molar-refractivity contribution < 1.29 is 13.2 Å². The summed E-state index contributed by atoms with van der Waals surface area (Å²) in [4.78, 5) is 0. The van der Waals surface area contributed by atoms with E-state index in [0.29, 0.717) is 16.4 Å². The predicted molar refractivity (Wildman–Crippen MR) is 92.3 cm³/mol. The summed E-state index contributed by atoms with van der Waals surface area (Å²) in [5.41, 5.74) is -0.311. The average molecular weight is 383 g/mol. The Kier molecular flexibility index (Phi) is 4.73. The van der Waals surface area contributed by atoms with E-state index in [1.807, 2.05) is 0 Å². The Hall–Kier alpha value is -2.45. The van der Waals surface area contributed by atoms with E-state index in [2.05, 4.69) is 15.3 Å². The maximum atomic E-state index is 13.1. The van der Waals surface area contributed by atoms with Gasteiger partial charge in [-0.15, -0.1) is 0 Å². The highest BCUT2D eigenvalue weighted by Crippen LogP contribution is 2.31. The van der Waals surface area contributed by atoms with Gasteiger partial charge in [0.05, 0.1) is 16.8 Å². The predicted octanol–water partition coefficient (Wildman–Crippen LogP) is 5.16. The Morgan fingerprint density at radius 1 is 1.12 bits per heavy atom. The third-order valence-electron chi connectivity index (χ3n) is 3.34. The number of halogens is 4. The molecule has 0 aliphatic heterocycles. The molecule has 25 heavy (non-hydrogen) atoms. The van der Waals surface area contributed by atoms with E-state index in [0.717, 1.165) is 12.3 Å². The number of aromatic nitrogens is 3. The van der Waals surface area contributed by atoms with Gasteiger partial charge in [-0.2, -0.15) is 28.0 Å². The summed E-state index contributed by atoms with van der Waals surface area (Å²) in [6, 6.07) is 12.0. The summed E-state index contributed by atoms with van der Waals surface area (Å²) in [6.45, 7) is 0. The van der Waals surface area contributed by atoms with E-state index in [-0.39, 0.29) is 10.3 Å². The molecule has 4 nitrogen and oxygen atoms in total. The molecule has 0 unspecified atom stereocenters. The first-order chi connectivity index (χ1) is 11.9. The zero-order chi connectivity index (χ0) is 18.0. The number of hydrogen-bond donors (Lipinski definition) is 1. The summed E-state index contributed by atoms with van der Waals surface area (Å²) in [5, 5.41) is 11.1. The fraction of sp³-hybridized carbons (Fsp3) is 0.0625. The molecule has 0 fully saturated rings.